The van der Waals surface area contributed by atoms with E-state index < -0.39 is 23.1 Å². The van der Waals surface area contributed by atoms with Crippen LogP contribution in [0.2, 0.25) is 0 Å². The number of unbranched alkanes of at least 4 members (excludes halogenated alkanes) is 2. The second-order valence-electron chi connectivity index (χ2n) is 5.58. The minimum atomic E-state index is -1.25. The van der Waals surface area contributed by atoms with Crippen LogP contribution in [0.25, 0.3) is 0 Å². The van der Waals surface area contributed by atoms with Gasteiger partial charge in [0.2, 0.25) is 11.2 Å². The highest BCUT2D eigenvalue weighted by Crippen LogP contribution is 2.56. The molecule has 2 unspecified atom stereocenters. The molecule has 0 bridgehead atoms. The van der Waals surface area contributed by atoms with Crippen LogP contribution in [0.3, 0.4) is 0 Å². The quantitative estimate of drug-likeness (QED) is 0.298. The van der Waals surface area contributed by atoms with Gasteiger partial charge >= 0.3 is 11.9 Å². The fourth-order valence-electron chi connectivity index (χ4n) is 2.60. The lowest BCUT2D eigenvalue weighted by atomic mass is 9.84. The van der Waals surface area contributed by atoms with E-state index in [9.17, 15) is 9.59 Å². The van der Waals surface area contributed by atoms with E-state index in [1.807, 2.05) is 19.9 Å². The van der Waals surface area contributed by atoms with Crippen molar-refractivity contribution < 1.29 is 23.8 Å². The van der Waals surface area contributed by atoms with Crippen LogP contribution < -0.4 is 0 Å². The number of carbonyl (C=O) groups excluding carboxylic acids is 2. The molecular weight excluding hydrogens is 272 g/mol. The Hall–Kier alpha value is -1.36. The van der Waals surface area contributed by atoms with Crippen LogP contribution in [0, 0.1) is 0 Å². The summed E-state index contributed by atoms with van der Waals surface area (Å²) in [5.74, 6) is -0.910. The van der Waals surface area contributed by atoms with E-state index in [0.717, 1.165) is 25.7 Å². The Labute approximate surface area is 125 Å². The van der Waals surface area contributed by atoms with Crippen molar-refractivity contribution in [2.45, 2.75) is 63.6 Å². The van der Waals surface area contributed by atoms with Gasteiger partial charge in [-0.2, -0.15) is 0 Å². The van der Waals surface area contributed by atoms with Crippen molar-refractivity contribution in [3.63, 3.8) is 0 Å². The molecule has 0 aromatic rings. The number of ether oxygens (including phenoxy) is 3. The Morgan fingerprint density at radius 2 is 1.71 bits per heavy atom. The van der Waals surface area contributed by atoms with Gasteiger partial charge in [-0.1, -0.05) is 32.8 Å². The summed E-state index contributed by atoms with van der Waals surface area (Å²) in [7, 11) is 0. The Morgan fingerprint density at radius 1 is 1.10 bits per heavy atom. The molecule has 0 amide bonds. The molecule has 5 heteroatoms. The molecule has 2 atom stereocenters. The lowest BCUT2D eigenvalue weighted by Gasteiger charge is -2.18. The molecule has 0 aromatic heterocycles. The van der Waals surface area contributed by atoms with Crippen molar-refractivity contribution in [2.24, 2.45) is 0 Å². The van der Waals surface area contributed by atoms with Crippen LogP contribution in [0.4, 0.5) is 0 Å². The molecule has 0 radical (unpaired) electrons. The molecule has 0 N–H and O–H groups in total. The van der Waals surface area contributed by atoms with Crippen LogP contribution >= 0.6 is 0 Å². The molecule has 1 saturated heterocycles. The third-order valence-corrected chi connectivity index (χ3v) is 4.00. The van der Waals surface area contributed by atoms with E-state index in [-0.39, 0.29) is 0 Å². The minimum absolute atomic E-state index is 0.356. The number of epoxide rings is 1. The van der Waals surface area contributed by atoms with Gasteiger partial charge in [0.25, 0.3) is 0 Å². The summed E-state index contributed by atoms with van der Waals surface area (Å²) >= 11 is 0. The predicted molar refractivity (Wildman–Crippen MR) is 76.7 cm³/mol. The van der Waals surface area contributed by atoms with Crippen molar-refractivity contribution in [3.05, 3.63) is 12.2 Å². The van der Waals surface area contributed by atoms with E-state index in [1.165, 1.54) is 0 Å². The third kappa shape index (κ3) is 2.84. The highest BCUT2D eigenvalue weighted by Gasteiger charge is 2.80. The second-order valence-corrected chi connectivity index (χ2v) is 5.58. The number of rotatable bonds is 8. The molecule has 2 aliphatic rings. The average molecular weight is 296 g/mol. The summed E-state index contributed by atoms with van der Waals surface area (Å²) in [6.45, 7) is 4.77. The molecule has 0 spiro atoms. The normalized spacial score (nSPS) is 29.6. The number of hydrogen-bond donors (Lipinski definition) is 0. The summed E-state index contributed by atoms with van der Waals surface area (Å²) in [4.78, 5) is 24.6. The Balaban J connectivity index is 2.01. The van der Waals surface area contributed by atoms with E-state index in [1.54, 1.807) is 6.08 Å². The number of fused-ring (bicyclic) bond motifs is 1. The molecule has 2 rings (SSSR count). The first kappa shape index (κ1) is 16.0. The van der Waals surface area contributed by atoms with Gasteiger partial charge in [0.1, 0.15) is 0 Å². The number of carbonyl (C=O) groups is 2. The van der Waals surface area contributed by atoms with Crippen molar-refractivity contribution in [3.8, 4) is 0 Å². The molecule has 0 saturated carbocycles. The highest BCUT2D eigenvalue weighted by atomic mass is 16.7. The van der Waals surface area contributed by atoms with E-state index in [0.29, 0.717) is 26.1 Å². The van der Waals surface area contributed by atoms with E-state index >= 15 is 0 Å². The van der Waals surface area contributed by atoms with Crippen molar-refractivity contribution in [2.75, 3.05) is 13.2 Å². The fraction of sp³-hybridized carbons (Fsp3) is 0.750. The number of esters is 2. The smallest absolute Gasteiger partial charge is 0.346 e. The van der Waals surface area contributed by atoms with Crippen LogP contribution in [-0.4, -0.2) is 36.4 Å². The second kappa shape index (κ2) is 6.60. The molecule has 118 valence electrons. The topological polar surface area (TPSA) is 65.1 Å². The standard InChI is InChI=1S/C16H24O5/c1-3-5-11-19-13(17)15-9-7-8-10-16(15,21-15)14(18)20-12-6-4-2/h7,9H,3-6,8,10-12H2,1-2H3. The molecular formula is C16H24O5. The average Bonchev–Trinajstić information content (AvgIpc) is 3.20. The van der Waals surface area contributed by atoms with Gasteiger partial charge in [-0.25, -0.2) is 9.59 Å². The van der Waals surface area contributed by atoms with Crippen molar-refractivity contribution in [1.29, 1.82) is 0 Å². The summed E-state index contributed by atoms with van der Waals surface area (Å²) in [5.41, 5.74) is -2.40. The van der Waals surface area contributed by atoms with Crippen LogP contribution in [0.5, 0.6) is 0 Å². The SMILES string of the molecule is CCCCOC(=O)C12C=CCCC1(C(=O)OCCCC)O2. The van der Waals surface area contributed by atoms with Gasteiger partial charge in [-0.05, 0) is 31.8 Å². The summed E-state index contributed by atoms with van der Waals surface area (Å²) in [5, 5.41) is 0. The maximum atomic E-state index is 12.3. The minimum Gasteiger partial charge on any atom is -0.463 e. The van der Waals surface area contributed by atoms with Gasteiger partial charge in [-0.15, -0.1) is 0 Å². The molecule has 5 nitrogen and oxygen atoms in total. The van der Waals surface area contributed by atoms with Crippen molar-refractivity contribution >= 4 is 11.9 Å². The van der Waals surface area contributed by atoms with Crippen LogP contribution in [0.1, 0.15) is 52.4 Å². The highest BCUT2D eigenvalue weighted by molar-refractivity contribution is 6.00. The lowest BCUT2D eigenvalue weighted by Crippen LogP contribution is -2.42. The molecule has 21 heavy (non-hydrogen) atoms. The summed E-state index contributed by atoms with van der Waals surface area (Å²) in [6.07, 6.45) is 8.21. The third-order valence-electron chi connectivity index (χ3n) is 4.00. The van der Waals surface area contributed by atoms with Crippen LogP contribution in [-0.2, 0) is 23.8 Å². The summed E-state index contributed by atoms with van der Waals surface area (Å²) in [6, 6.07) is 0. The maximum Gasteiger partial charge on any atom is 0.346 e. The first-order valence-corrected chi connectivity index (χ1v) is 7.85. The first-order valence-electron chi connectivity index (χ1n) is 7.85. The Bertz CT molecular complexity index is 430. The van der Waals surface area contributed by atoms with E-state index in [4.69, 9.17) is 14.2 Å². The Morgan fingerprint density at radius 3 is 2.33 bits per heavy atom. The largest absolute Gasteiger partial charge is 0.463 e. The van der Waals surface area contributed by atoms with E-state index in [2.05, 4.69) is 0 Å². The van der Waals surface area contributed by atoms with Crippen LogP contribution in [0.15, 0.2) is 12.2 Å². The lowest BCUT2D eigenvalue weighted by molar-refractivity contribution is -0.153. The number of allylic oxidation sites excluding steroid dienone is 1. The molecule has 1 heterocycles. The predicted octanol–water partition coefficient (Wildman–Crippen LogP) is 2.53. The van der Waals surface area contributed by atoms with Gasteiger partial charge < -0.3 is 14.2 Å². The first-order chi connectivity index (χ1) is 10.1. The van der Waals surface area contributed by atoms with Gasteiger partial charge in [0.05, 0.1) is 13.2 Å². The monoisotopic (exact) mass is 296 g/mol. The van der Waals surface area contributed by atoms with Crippen molar-refractivity contribution in [1.82, 2.24) is 0 Å². The molecule has 1 fully saturated rings. The van der Waals surface area contributed by atoms with Gasteiger partial charge in [-0.3, -0.25) is 0 Å². The zero-order valence-electron chi connectivity index (χ0n) is 12.9. The Kier molecular flexibility index (Phi) is 5.04. The van der Waals surface area contributed by atoms with Gasteiger partial charge in [0.15, 0.2) is 0 Å². The molecule has 1 aliphatic carbocycles. The number of hydrogen-bond acceptors (Lipinski definition) is 5. The summed E-state index contributed by atoms with van der Waals surface area (Å²) < 4.78 is 16.1. The van der Waals surface area contributed by atoms with Gasteiger partial charge in [0, 0.05) is 0 Å². The molecule has 1 aliphatic heterocycles. The maximum absolute atomic E-state index is 12.3. The fourth-order valence-corrected chi connectivity index (χ4v) is 2.60. The zero-order valence-corrected chi connectivity index (χ0v) is 12.9. The zero-order chi connectivity index (χ0) is 15.3. The molecule has 0 aromatic carbocycles.